The van der Waals surface area contributed by atoms with Crippen LogP contribution in [0.4, 0.5) is 0 Å². The Morgan fingerprint density at radius 1 is 0.361 bits per heavy atom. The van der Waals surface area contributed by atoms with Crippen molar-refractivity contribution >= 4 is 19.8 Å². The molecule has 0 bridgehead atoms. The number of hydrogen-bond acceptors (Lipinski definition) is 8. The number of phosphoric acid groups is 1. The summed E-state index contributed by atoms with van der Waals surface area (Å²) in [6.45, 7) is 3.51. The zero-order valence-electron chi connectivity index (χ0n) is 52.9. The molecule has 0 saturated heterocycles. The van der Waals surface area contributed by atoms with E-state index in [9.17, 15) is 19.0 Å². The predicted octanol–water partition coefficient (Wildman–Crippen LogP) is 21.9. The molecule has 0 aliphatic rings. The van der Waals surface area contributed by atoms with Crippen LogP contribution in [0.2, 0.25) is 0 Å². The summed E-state index contributed by atoms with van der Waals surface area (Å²) in [5.41, 5.74) is 5.39. The molecule has 0 heterocycles. The molecule has 0 aliphatic carbocycles. The standard InChI is InChI=1S/C73H122NO8P/c1-3-5-7-9-11-13-15-17-19-21-23-25-27-28-29-30-31-32-33-34-35-36-37-38-39-40-41-42-44-46-48-50-52-54-56-58-60-62-64-66-73(76)82-71(70-81-83(77,78)80-68-67-74)69-79-72(75)65-63-61-59-57-55-53-51-49-47-45-43-26-24-22-20-18-16-14-12-10-8-6-4-2/h5-8,11-14,17-20,23-26,28-29,31-32,34-35,45,47,71H,3-4,9-10,15-16,21-22,27,30,33,36-44,46,48-70,74H2,1-2H3,(H,77,78)/b7-5-,8-6-,13-11-,14-12-,19-17-,20-18-,25-23-,26-24-,29-28-,32-31-,35-34-,47-45-. The Hall–Kier alpha value is -4.11. The fourth-order valence-corrected chi connectivity index (χ4v) is 9.64. The van der Waals surface area contributed by atoms with Crippen LogP contribution in [0.3, 0.4) is 0 Å². The van der Waals surface area contributed by atoms with E-state index in [1.165, 1.54) is 109 Å². The Morgan fingerprint density at radius 2 is 0.627 bits per heavy atom. The number of phosphoric ester groups is 1. The number of carbonyl (C=O) groups is 2. The topological polar surface area (TPSA) is 134 Å². The molecule has 0 saturated carbocycles. The number of ether oxygens (including phenoxy) is 2. The largest absolute Gasteiger partial charge is 0.472 e. The molecular formula is C73H122NO8P. The van der Waals surface area contributed by atoms with Crippen LogP contribution in [-0.2, 0) is 32.7 Å². The molecule has 0 radical (unpaired) electrons. The van der Waals surface area contributed by atoms with Gasteiger partial charge in [0, 0.05) is 19.4 Å². The average molecular weight is 1170 g/mol. The summed E-state index contributed by atoms with van der Waals surface area (Å²) in [5.74, 6) is -0.842. The zero-order chi connectivity index (χ0) is 60.1. The lowest BCUT2D eigenvalue weighted by Crippen LogP contribution is -2.29. The van der Waals surface area contributed by atoms with Crippen LogP contribution in [0, 0.1) is 0 Å². The summed E-state index contributed by atoms with van der Waals surface area (Å²) < 4.78 is 33.1. The van der Waals surface area contributed by atoms with Gasteiger partial charge in [0.25, 0.3) is 0 Å². The van der Waals surface area contributed by atoms with Gasteiger partial charge in [0.05, 0.1) is 13.2 Å². The molecular weight excluding hydrogens is 1050 g/mol. The number of rotatable bonds is 61. The number of hydrogen-bond donors (Lipinski definition) is 2. The molecule has 0 spiro atoms. The second-order valence-corrected chi connectivity index (χ2v) is 23.0. The fourth-order valence-electron chi connectivity index (χ4n) is 8.88. The molecule has 10 heteroatoms. The molecule has 0 aromatic rings. The second kappa shape index (κ2) is 67.0. The predicted molar refractivity (Wildman–Crippen MR) is 357 cm³/mol. The third-order valence-electron chi connectivity index (χ3n) is 13.7. The van der Waals surface area contributed by atoms with E-state index < -0.39 is 32.5 Å². The lowest BCUT2D eigenvalue weighted by Gasteiger charge is -2.19. The molecule has 9 nitrogen and oxygen atoms in total. The number of nitrogens with two attached hydrogens (primary N) is 1. The third-order valence-corrected chi connectivity index (χ3v) is 14.7. The molecule has 0 aliphatic heterocycles. The van der Waals surface area contributed by atoms with E-state index in [0.29, 0.717) is 12.8 Å². The fraction of sp³-hybridized carbons (Fsp3) is 0.644. The molecule has 83 heavy (non-hydrogen) atoms. The summed E-state index contributed by atoms with van der Waals surface area (Å²) in [6.07, 6.45) is 96.4. The van der Waals surface area contributed by atoms with E-state index in [2.05, 4.69) is 160 Å². The van der Waals surface area contributed by atoms with Crippen molar-refractivity contribution in [2.75, 3.05) is 26.4 Å². The van der Waals surface area contributed by atoms with Crippen molar-refractivity contribution in [1.82, 2.24) is 0 Å². The van der Waals surface area contributed by atoms with Gasteiger partial charge < -0.3 is 20.1 Å². The molecule has 0 rings (SSSR count). The van der Waals surface area contributed by atoms with Crippen molar-refractivity contribution in [3.8, 4) is 0 Å². The van der Waals surface area contributed by atoms with Gasteiger partial charge >= 0.3 is 19.8 Å². The minimum absolute atomic E-state index is 0.0460. The molecule has 0 aromatic carbocycles. The second-order valence-electron chi connectivity index (χ2n) is 21.6. The SMILES string of the molecule is CC/C=C\C/C=C\C/C=C\C/C=C\C/C=C\C/C=C\C/C=C\CCCCCCCCCCCCCCCCCCCC(=O)OC(COC(=O)CCCCCCCCC/C=C\C/C=C\C/C=C\C/C=C\C/C=C\CC)COP(=O)(O)OCCN. The maximum absolute atomic E-state index is 12.8. The van der Waals surface area contributed by atoms with Crippen molar-refractivity contribution in [3.63, 3.8) is 0 Å². The van der Waals surface area contributed by atoms with Gasteiger partial charge in [0.15, 0.2) is 6.10 Å². The maximum atomic E-state index is 12.8. The van der Waals surface area contributed by atoms with E-state index >= 15 is 0 Å². The van der Waals surface area contributed by atoms with Crippen LogP contribution in [0.25, 0.3) is 0 Å². The third kappa shape index (κ3) is 66.9. The molecule has 2 unspecified atom stereocenters. The van der Waals surface area contributed by atoms with E-state index in [1.807, 2.05) is 0 Å². The van der Waals surface area contributed by atoms with Crippen molar-refractivity contribution in [1.29, 1.82) is 0 Å². The van der Waals surface area contributed by atoms with Crippen LogP contribution in [0.5, 0.6) is 0 Å². The molecule has 3 N–H and O–H groups in total. The van der Waals surface area contributed by atoms with E-state index in [-0.39, 0.29) is 32.6 Å². The maximum Gasteiger partial charge on any atom is 0.472 e. The summed E-state index contributed by atoms with van der Waals surface area (Å²) in [5, 5.41) is 0. The lowest BCUT2D eigenvalue weighted by atomic mass is 10.0. The highest BCUT2D eigenvalue weighted by molar-refractivity contribution is 7.47. The Labute approximate surface area is 509 Å². The minimum atomic E-state index is -4.40. The zero-order valence-corrected chi connectivity index (χ0v) is 53.8. The normalized spacial score (nSPS) is 13.9. The summed E-state index contributed by atoms with van der Waals surface area (Å²) in [4.78, 5) is 35.3. The van der Waals surface area contributed by atoms with Crippen molar-refractivity contribution in [2.24, 2.45) is 5.73 Å². The average Bonchev–Trinajstić information content (AvgIpc) is 3.48. The van der Waals surface area contributed by atoms with Crippen LogP contribution >= 0.6 is 7.82 Å². The van der Waals surface area contributed by atoms with Crippen molar-refractivity contribution in [3.05, 3.63) is 146 Å². The van der Waals surface area contributed by atoms with Gasteiger partial charge in [-0.2, -0.15) is 0 Å². The number of esters is 2. The Balaban J connectivity index is 3.91. The van der Waals surface area contributed by atoms with Gasteiger partial charge in [-0.3, -0.25) is 18.6 Å². The minimum Gasteiger partial charge on any atom is -0.462 e. The van der Waals surface area contributed by atoms with Gasteiger partial charge in [-0.1, -0.05) is 288 Å². The van der Waals surface area contributed by atoms with Gasteiger partial charge in [-0.15, -0.1) is 0 Å². The first-order valence-electron chi connectivity index (χ1n) is 33.3. The van der Waals surface area contributed by atoms with Crippen molar-refractivity contribution in [2.45, 2.75) is 277 Å². The first-order chi connectivity index (χ1) is 40.8. The monoisotopic (exact) mass is 1170 g/mol. The highest BCUT2D eigenvalue weighted by atomic mass is 31.2. The highest BCUT2D eigenvalue weighted by Crippen LogP contribution is 2.43. The van der Waals surface area contributed by atoms with E-state index in [4.69, 9.17) is 24.3 Å². The number of unbranched alkanes of at least 4 members (excludes halogenated alkanes) is 24. The highest BCUT2D eigenvalue weighted by Gasteiger charge is 2.26. The van der Waals surface area contributed by atoms with Crippen LogP contribution in [0.1, 0.15) is 271 Å². The summed E-state index contributed by atoms with van der Waals surface area (Å²) >= 11 is 0. The summed E-state index contributed by atoms with van der Waals surface area (Å²) in [7, 11) is -4.40. The van der Waals surface area contributed by atoms with Crippen LogP contribution in [0.15, 0.2) is 146 Å². The number of allylic oxidation sites excluding steroid dienone is 24. The Morgan fingerprint density at radius 3 is 0.928 bits per heavy atom. The Bertz CT molecular complexity index is 1870. The van der Waals surface area contributed by atoms with Gasteiger partial charge in [-0.05, 0) is 116 Å². The molecule has 472 valence electrons. The van der Waals surface area contributed by atoms with Crippen molar-refractivity contribution < 1.29 is 37.6 Å². The molecule has 0 fully saturated rings. The van der Waals surface area contributed by atoms with E-state index in [1.54, 1.807) is 0 Å². The van der Waals surface area contributed by atoms with Crippen LogP contribution < -0.4 is 5.73 Å². The quantitative estimate of drug-likeness (QED) is 0.0264. The smallest absolute Gasteiger partial charge is 0.462 e. The van der Waals surface area contributed by atoms with Gasteiger partial charge in [0.1, 0.15) is 6.61 Å². The number of carbonyl (C=O) groups excluding carboxylic acids is 2. The Kier molecular flexibility index (Phi) is 63.7. The van der Waals surface area contributed by atoms with E-state index in [0.717, 1.165) is 122 Å². The molecule has 0 amide bonds. The molecule has 0 aromatic heterocycles. The van der Waals surface area contributed by atoms with Gasteiger partial charge in [0.2, 0.25) is 0 Å². The first-order valence-corrected chi connectivity index (χ1v) is 34.8. The first kappa shape index (κ1) is 78.9. The lowest BCUT2D eigenvalue weighted by molar-refractivity contribution is -0.161. The molecule has 2 atom stereocenters. The van der Waals surface area contributed by atoms with Gasteiger partial charge in [-0.25, -0.2) is 4.57 Å². The summed E-state index contributed by atoms with van der Waals surface area (Å²) in [6, 6.07) is 0. The van der Waals surface area contributed by atoms with Crippen LogP contribution in [-0.4, -0.2) is 49.3 Å².